The van der Waals surface area contributed by atoms with Crippen molar-refractivity contribution >= 4 is 23.9 Å². The van der Waals surface area contributed by atoms with Gasteiger partial charge < -0.3 is 9.47 Å². The molecule has 0 amide bonds. The molecule has 2 heterocycles. The molecule has 0 aromatic carbocycles. The number of ether oxygens (including phenoxy) is 2. The van der Waals surface area contributed by atoms with Gasteiger partial charge in [0.2, 0.25) is 0 Å². The molecule has 0 radical (unpaired) electrons. The molecule has 3 aliphatic rings. The highest BCUT2D eigenvalue weighted by Crippen LogP contribution is 2.29. The molecule has 1 fully saturated rings. The highest BCUT2D eigenvalue weighted by Gasteiger charge is 2.42. The average molecular weight is 230 g/mol. The number of hydrogen-bond donors (Lipinski definition) is 0. The number of rotatable bonds is 0. The van der Waals surface area contributed by atoms with Crippen molar-refractivity contribution in [2.75, 3.05) is 0 Å². The van der Waals surface area contributed by atoms with E-state index in [1.165, 1.54) is 0 Å². The van der Waals surface area contributed by atoms with E-state index in [4.69, 9.17) is 0 Å². The molecule has 6 nitrogen and oxygen atoms in total. The molecule has 1 unspecified atom stereocenters. The van der Waals surface area contributed by atoms with Gasteiger partial charge in [-0.3, -0.25) is 0 Å². The Labute approximate surface area is 93.9 Å². The Morgan fingerprint density at radius 3 is 2.53 bits per heavy atom. The maximum absolute atomic E-state index is 11.3. The van der Waals surface area contributed by atoms with Crippen LogP contribution in [0.3, 0.4) is 0 Å². The summed E-state index contributed by atoms with van der Waals surface area (Å²) in [6, 6.07) is 0. The third kappa shape index (κ3) is 1.16. The van der Waals surface area contributed by atoms with Crippen molar-refractivity contribution in [3.8, 4) is 11.8 Å². The number of carbonyl (C=O) groups excluding carboxylic acids is 4. The van der Waals surface area contributed by atoms with Crippen molar-refractivity contribution in [1.29, 1.82) is 0 Å². The lowest BCUT2D eigenvalue weighted by atomic mass is 10.0. The summed E-state index contributed by atoms with van der Waals surface area (Å²) in [7, 11) is 0. The van der Waals surface area contributed by atoms with Gasteiger partial charge in [0.05, 0.1) is 11.1 Å². The summed E-state index contributed by atoms with van der Waals surface area (Å²) in [4.78, 5) is 45.1. The van der Waals surface area contributed by atoms with E-state index < -0.39 is 29.8 Å². The van der Waals surface area contributed by atoms with E-state index in [-0.39, 0.29) is 16.7 Å². The molecule has 2 aliphatic heterocycles. The minimum absolute atomic E-state index is 0.0425. The highest BCUT2D eigenvalue weighted by atomic mass is 16.6. The Morgan fingerprint density at radius 1 is 1.00 bits per heavy atom. The first-order chi connectivity index (χ1) is 8.08. The molecule has 1 saturated heterocycles. The first kappa shape index (κ1) is 9.54. The zero-order valence-corrected chi connectivity index (χ0v) is 8.10. The molecular formula is C11H2O6. The van der Waals surface area contributed by atoms with Crippen molar-refractivity contribution in [2.45, 2.75) is 0 Å². The van der Waals surface area contributed by atoms with Gasteiger partial charge in [0.25, 0.3) is 0 Å². The molecule has 3 rings (SSSR count). The average Bonchev–Trinajstić information content (AvgIpc) is 2.59. The van der Waals surface area contributed by atoms with E-state index in [0.29, 0.717) is 0 Å². The molecule has 82 valence electrons. The van der Waals surface area contributed by atoms with Crippen LogP contribution in [0.25, 0.3) is 0 Å². The summed E-state index contributed by atoms with van der Waals surface area (Å²) in [5.41, 5.74) is -0.275. The number of hydrogen-bond acceptors (Lipinski definition) is 6. The molecule has 0 saturated carbocycles. The predicted molar refractivity (Wildman–Crippen MR) is 48.6 cm³/mol. The molecule has 0 spiro atoms. The van der Waals surface area contributed by atoms with Crippen molar-refractivity contribution < 1.29 is 28.7 Å². The summed E-state index contributed by atoms with van der Waals surface area (Å²) in [5.74, 6) is 0.375. The largest absolute Gasteiger partial charge is 0.388 e. The van der Waals surface area contributed by atoms with Crippen LogP contribution in [0.5, 0.6) is 0 Å². The maximum Gasteiger partial charge on any atom is 0.355 e. The molecule has 6 heteroatoms. The van der Waals surface area contributed by atoms with Crippen LogP contribution in [0.4, 0.5) is 0 Å². The molecular weight excluding hydrogens is 228 g/mol. The van der Waals surface area contributed by atoms with E-state index >= 15 is 0 Å². The van der Waals surface area contributed by atoms with Gasteiger partial charge >= 0.3 is 23.9 Å². The summed E-state index contributed by atoms with van der Waals surface area (Å²) in [6.45, 7) is 0. The fraction of sp³-hybridized carbons (Fsp3) is 0.0909. The minimum Gasteiger partial charge on any atom is -0.388 e. The highest BCUT2D eigenvalue weighted by molar-refractivity contribution is 6.19. The van der Waals surface area contributed by atoms with E-state index in [9.17, 15) is 19.2 Å². The molecule has 17 heavy (non-hydrogen) atoms. The molecule has 0 N–H and O–H groups in total. The second-order valence-corrected chi connectivity index (χ2v) is 3.48. The topological polar surface area (TPSA) is 86.7 Å². The monoisotopic (exact) mass is 230 g/mol. The third-order valence-corrected chi connectivity index (χ3v) is 2.50. The van der Waals surface area contributed by atoms with Gasteiger partial charge in [-0.1, -0.05) is 11.8 Å². The van der Waals surface area contributed by atoms with E-state index in [0.717, 1.165) is 6.08 Å². The standard InChI is InChI=1S/C11H2O6/c12-8-4-1-2-5-7(11(15)17-9(5)13)3-6(4)10(14)16-8/h3-4H. The maximum atomic E-state index is 11.3. The van der Waals surface area contributed by atoms with Crippen LogP contribution in [0.1, 0.15) is 0 Å². The Bertz CT molecular complexity index is 637. The van der Waals surface area contributed by atoms with Crippen LogP contribution < -0.4 is 0 Å². The first-order valence-corrected chi connectivity index (χ1v) is 4.58. The van der Waals surface area contributed by atoms with Crippen LogP contribution in [0, 0.1) is 17.8 Å². The third-order valence-electron chi connectivity index (χ3n) is 2.50. The second-order valence-electron chi connectivity index (χ2n) is 3.48. The van der Waals surface area contributed by atoms with Gasteiger partial charge in [-0.25, -0.2) is 19.2 Å². The Morgan fingerprint density at radius 2 is 1.76 bits per heavy atom. The van der Waals surface area contributed by atoms with Crippen LogP contribution in [-0.2, 0) is 28.7 Å². The fourth-order valence-corrected chi connectivity index (χ4v) is 1.68. The zero-order chi connectivity index (χ0) is 12.2. The Hall–Kier alpha value is -2.68. The number of fused-ring (bicyclic) bond motifs is 1. The summed E-state index contributed by atoms with van der Waals surface area (Å²) in [5, 5.41) is 0. The van der Waals surface area contributed by atoms with Gasteiger partial charge in [-0.2, -0.15) is 0 Å². The zero-order valence-electron chi connectivity index (χ0n) is 8.10. The smallest absolute Gasteiger partial charge is 0.355 e. The van der Waals surface area contributed by atoms with E-state index in [2.05, 4.69) is 21.3 Å². The van der Waals surface area contributed by atoms with Crippen molar-refractivity contribution in [3.63, 3.8) is 0 Å². The van der Waals surface area contributed by atoms with Gasteiger partial charge in [-0.05, 0) is 6.08 Å². The van der Waals surface area contributed by atoms with Gasteiger partial charge in [-0.15, -0.1) is 0 Å². The quantitative estimate of drug-likeness (QED) is 0.301. The van der Waals surface area contributed by atoms with E-state index in [1.807, 2.05) is 0 Å². The number of esters is 4. The van der Waals surface area contributed by atoms with Crippen LogP contribution in [0.2, 0.25) is 0 Å². The van der Waals surface area contributed by atoms with Crippen molar-refractivity contribution in [1.82, 2.24) is 0 Å². The first-order valence-electron chi connectivity index (χ1n) is 4.58. The van der Waals surface area contributed by atoms with Crippen molar-refractivity contribution in [2.24, 2.45) is 5.92 Å². The lowest BCUT2D eigenvalue weighted by Crippen LogP contribution is -2.07. The normalized spacial score (nSPS) is 25.4. The van der Waals surface area contributed by atoms with Crippen molar-refractivity contribution in [3.05, 3.63) is 22.8 Å². The minimum atomic E-state index is -1.03. The predicted octanol–water partition coefficient (Wildman–Crippen LogP) is -0.991. The lowest BCUT2D eigenvalue weighted by Gasteiger charge is -1.94. The van der Waals surface area contributed by atoms with Gasteiger partial charge in [0.15, 0.2) is 5.92 Å². The molecule has 0 bridgehead atoms. The summed E-state index contributed by atoms with van der Waals surface area (Å²) < 4.78 is 8.70. The summed E-state index contributed by atoms with van der Waals surface area (Å²) in [6.07, 6.45) is 1.12. The van der Waals surface area contributed by atoms with Crippen LogP contribution >= 0.6 is 0 Å². The summed E-state index contributed by atoms with van der Waals surface area (Å²) >= 11 is 0. The number of cyclic esters (lactones) is 4. The SMILES string of the molecule is O=C1OC(=O)C2C#CC3=C(C=C12)C(=O)OC3=O. The van der Waals surface area contributed by atoms with Gasteiger partial charge in [0, 0.05) is 0 Å². The fourth-order valence-electron chi connectivity index (χ4n) is 1.68. The second kappa shape index (κ2) is 2.92. The number of carbonyl (C=O) groups is 4. The molecule has 0 aromatic rings. The lowest BCUT2D eigenvalue weighted by molar-refractivity contribution is -0.153. The van der Waals surface area contributed by atoms with Gasteiger partial charge in [0.1, 0.15) is 5.57 Å². The molecule has 0 aromatic heterocycles. The van der Waals surface area contributed by atoms with Crippen LogP contribution in [0.15, 0.2) is 22.8 Å². The molecule has 1 atom stereocenters. The Kier molecular flexibility index (Phi) is 1.64. The van der Waals surface area contributed by atoms with Crippen LogP contribution in [-0.4, -0.2) is 23.9 Å². The Balaban J connectivity index is 2.22. The molecule has 1 aliphatic carbocycles. The van der Waals surface area contributed by atoms with E-state index in [1.54, 1.807) is 0 Å².